The third kappa shape index (κ3) is 4.30. The van der Waals surface area contributed by atoms with Crippen molar-refractivity contribution in [1.29, 1.82) is 0 Å². The van der Waals surface area contributed by atoms with Crippen LogP contribution in [0.4, 0.5) is 0 Å². The van der Waals surface area contributed by atoms with Crippen LogP contribution in [-0.4, -0.2) is 11.9 Å². The summed E-state index contributed by atoms with van der Waals surface area (Å²) in [5.74, 6) is -0.0687. The van der Waals surface area contributed by atoms with E-state index in [1.165, 1.54) is 0 Å². The molecule has 0 heterocycles. The molecule has 1 aromatic carbocycles. The molecule has 0 bridgehead atoms. The van der Waals surface area contributed by atoms with Crippen LogP contribution in [0, 0.1) is 0 Å². The minimum absolute atomic E-state index is 0.0687. The summed E-state index contributed by atoms with van der Waals surface area (Å²) in [5, 5.41) is 2.79. The second-order valence-electron chi connectivity index (χ2n) is 3.52. The third-order valence-electron chi connectivity index (χ3n) is 1.75. The Balaban J connectivity index is 2.66. The van der Waals surface area contributed by atoms with E-state index in [4.69, 9.17) is 0 Å². The highest BCUT2D eigenvalue weighted by Crippen LogP contribution is 2.16. The molecule has 3 heteroatoms. The maximum atomic E-state index is 11.3. The van der Waals surface area contributed by atoms with Crippen LogP contribution >= 0.6 is 15.9 Å². The summed E-state index contributed by atoms with van der Waals surface area (Å²) in [5.41, 5.74) is 0.997. The monoisotopic (exact) mass is 267 g/mol. The van der Waals surface area contributed by atoms with Gasteiger partial charge in [-0.2, -0.15) is 0 Å². The Morgan fingerprint density at radius 2 is 2.07 bits per heavy atom. The van der Waals surface area contributed by atoms with Crippen LogP contribution in [0.15, 0.2) is 34.8 Å². The smallest absolute Gasteiger partial charge is 0.244 e. The molecule has 0 aliphatic carbocycles. The second kappa shape index (κ2) is 5.71. The number of nitrogens with one attached hydrogen (secondary N) is 1. The normalized spacial score (nSPS) is 10.9. The highest BCUT2D eigenvalue weighted by molar-refractivity contribution is 9.10. The van der Waals surface area contributed by atoms with Crippen molar-refractivity contribution >= 4 is 27.9 Å². The summed E-state index contributed by atoms with van der Waals surface area (Å²) < 4.78 is 0.985. The zero-order valence-corrected chi connectivity index (χ0v) is 10.4. The zero-order valence-electron chi connectivity index (χ0n) is 8.83. The highest BCUT2D eigenvalue weighted by atomic mass is 79.9. The van der Waals surface area contributed by atoms with Gasteiger partial charge in [-0.1, -0.05) is 34.1 Å². The van der Waals surface area contributed by atoms with E-state index in [1.54, 1.807) is 12.2 Å². The van der Waals surface area contributed by atoms with Gasteiger partial charge in [-0.05, 0) is 31.6 Å². The van der Waals surface area contributed by atoms with Crippen molar-refractivity contribution in [2.75, 3.05) is 0 Å². The van der Waals surface area contributed by atoms with E-state index in [0.717, 1.165) is 10.0 Å². The van der Waals surface area contributed by atoms with Crippen molar-refractivity contribution in [2.45, 2.75) is 19.9 Å². The molecule has 0 aliphatic rings. The Morgan fingerprint density at radius 3 is 2.67 bits per heavy atom. The number of rotatable bonds is 3. The first-order valence-electron chi connectivity index (χ1n) is 4.82. The number of halogens is 1. The van der Waals surface area contributed by atoms with Gasteiger partial charge < -0.3 is 5.32 Å². The number of hydrogen-bond acceptors (Lipinski definition) is 1. The summed E-state index contributed by atoms with van der Waals surface area (Å²) in [6.07, 6.45) is 3.34. The average molecular weight is 268 g/mol. The maximum absolute atomic E-state index is 11.3. The van der Waals surface area contributed by atoms with Crippen LogP contribution in [0.25, 0.3) is 6.08 Å². The van der Waals surface area contributed by atoms with E-state index in [2.05, 4.69) is 21.2 Å². The van der Waals surface area contributed by atoms with E-state index >= 15 is 0 Å². The Morgan fingerprint density at radius 1 is 1.40 bits per heavy atom. The van der Waals surface area contributed by atoms with Crippen molar-refractivity contribution in [1.82, 2.24) is 5.32 Å². The lowest BCUT2D eigenvalue weighted by Gasteiger charge is -2.04. The van der Waals surface area contributed by atoms with Crippen molar-refractivity contribution < 1.29 is 4.79 Å². The van der Waals surface area contributed by atoms with Gasteiger partial charge in [0.1, 0.15) is 0 Å². The van der Waals surface area contributed by atoms with E-state index in [0.29, 0.717) is 0 Å². The molecule has 1 amide bonds. The van der Waals surface area contributed by atoms with Gasteiger partial charge in [0.25, 0.3) is 0 Å². The molecule has 15 heavy (non-hydrogen) atoms. The highest BCUT2D eigenvalue weighted by Gasteiger charge is 1.98. The summed E-state index contributed by atoms with van der Waals surface area (Å²) in [6, 6.07) is 7.94. The van der Waals surface area contributed by atoms with Gasteiger partial charge in [0, 0.05) is 16.6 Å². The van der Waals surface area contributed by atoms with Crippen molar-refractivity contribution in [3.63, 3.8) is 0 Å². The Bertz CT molecular complexity index is 372. The van der Waals surface area contributed by atoms with Crippen LogP contribution in [0.2, 0.25) is 0 Å². The van der Waals surface area contributed by atoms with Gasteiger partial charge in [-0.25, -0.2) is 0 Å². The average Bonchev–Trinajstić information content (AvgIpc) is 2.15. The molecule has 0 saturated heterocycles. The van der Waals surface area contributed by atoms with Crippen molar-refractivity contribution in [3.8, 4) is 0 Å². The molecule has 0 saturated carbocycles. The van der Waals surface area contributed by atoms with Crippen LogP contribution in [-0.2, 0) is 4.79 Å². The fourth-order valence-corrected chi connectivity index (χ4v) is 1.53. The van der Waals surface area contributed by atoms with Gasteiger partial charge in [-0.3, -0.25) is 4.79 Å². The van der Waals surface area contributed by atoms with E-state index in [-0.39, 0.29) is 11.9 Å². The molecular weight excluding hydrogens is 254 g/mol. The molecule has 80 valence electrons. The molecule has 0 atom stereocenters. The fraction of sp³-hybridized carbons (Fsp3) is 0.250. The molecule has 0 radical (unpaired) electrons. The molecule has 1 aromatic rings. The Kier molecular flexibility index (Phi) is 4.56. The topological polar surface area (TPSA) is 29.1 Å². The van der Waals surface area contributed by atoms with Crippen LogP contribution in [0.5, 0.6) is 0 Å². The number of amides is 1. The van der Waals surface area contributed by atoms with Crippen LogP contribution < -0.4 is 5.32 Å². The van der Waals surface area contributed by atoms with Gasteiger partial charge in [0.15, 0.2) is 0 Å². The van der Waals surface area contributed by atoms with E-state index < -0.39 is 0 Å². The summed E-state index contributed by atoms with van der Waals surface area (Å²) in [6.45, 7) is 3.87. The van der Waals surface area contributed by atoms with Gasteiger partial charge in [-0.15, -0.1) is 0 Å². The minimum Gasteiger partial charge on any atom is -0.350 e. The number of carbonyl (C=O) groups is 1. The van der Waals surface area contributed by atoms with E-state index in [1.807, 2.05) is 38.1 Å². The predicted molar refractivity (Wildman–Crippen MR) is 66.5 cm³/mol. The standard InChI is InChI=1S/C12H14BrNO/c1-9(2)14-12(15)8-7-10-5-3-4-6-11(10)13/h3-9H,1-2H3,(H,14,15). The summed E-state index contributed by atoms with van der Waals surface area (Å²) in [4.78, 5) is 11.3. The predicted octanol–water partition coefficient (Wildman–Crippen LogP) is 2.99. The first-order chi connectivity index (χ1) is 7.09. The first-order valence-corrected chi connectivity index (χ1v) is 5.62. The molecule has 0 unspecified atom stereocenters. The minimum atomic E-state index is -0.0687. The third-order valence-corrected chi connectivity index (χ3v) is 2.47. The SMILES string of the molecule is CC(C)NC(=O)C=Cc1ccccc1Br. The molecule has 2 nitrogen and oxygen atoms in total. The maximum Gasteiger partial charge on any atom is 0.244 e. The van der Waals surface area contributed by atoms with Gasteiger partial charge in [0.2, 0.25) is 5.91 Å². The van der Waals surface area contributed by atoms with E-state index in [9.17, 15) is 4.79 Å². The molecule has 0 aromatic heterocycles. The number of benzene rings is 1. The lowest BCUT2D eigenvalue weighted by molar-refractivity contribution is -0.116. The zero-order chi connectivity index (χ0) is 11.3. The Labute approximate surface area is 98.5 Å². The molecule has 0 fully saturated rings. The molecule has 1 rings (SSSR count). The fourth-order valence-electron chi connectivity index (χ4n) is 1.11. The molecule has 1 N–H and O–H groups in total. The van der Waals surface area contributed by atoms with Gasteiger partial charge in [0.05, 0.1) is 0 Å². The summed E-state index contributed by atoms with van der Waals surface area (Å²) in [7, 11) is 0. The van der Waals surface area contributed by atoms with Crippen LogP contribution in [0.3, 0.4) is 0 Å². The largest absolute Gasteiger partial charge is 0.350 e. The molecular formula is C12H14BrNO. The van der Waals surface area contributed by atoms with Crippen molar-refractivity contribution in [2.24, 2.45) is 0 Å². The quantitative estimate of drug-likeness (QED) is 0.839. The van der Waals surface area contributed by atoms with Crippen LogP contribution in [0.1, 0.15) is 19.4 Å². The Hall–Kier alpha value is -1.09. The first kappa shape index (κ1) is 12.0. The molecule has 0 spiro atoms. The van der Waals surface area contributed by atoms with Crippen molar-refractivity contribution in [3.05, 3.63) is 40.4 Å². The number of carbonyl (C=O) groups excluding carboxylic acids is 1. The second-order valence-corrected chi connectivity index (χ2v) is 4.37. The number of hydrogen-bond donors (Lipinski definition) is 1. The lowest BCUT2D eigenvalue weighted by Crippen LogP contribution is -2.28. The molecule has 0 aliphatic heterocycles. The lowest BCUT2D eigenvalue weighted by atomic mass is 10.2. The summed E-state index contributed by atoms with van der Waals surface area (Å²) >= 11 is 3.41. The van der Waals surface area contributed by atoms with Gasteiger partial charge >= 0.3 is 0 Å².